The molecule has 0 bridgehead atoms. The summed E-state index contributed by atoms with van der Waals surface area (Å²) in [6.07, 6.45) is 8.13. The summed E-state index contributed by atoms with van der Waals surface area (Å²) in [5.74, 6) is 1.58. The number of para-hydroxylation sites is 2. The van der Waals surface area contributed by atoms with Crippen LogP contribution in [-0.2, 0) is 0 Å². The second-order valence-corrected chi connectivity index (χ2v) is 7.82. The smallest absolute Gasteiger partial charge is 0.297 e. The summed E-state index contributed by atoms with van der Waals surface area (Å²) in [6, 6.07) is 26.1. The standard InChI is InChI=1S/C25H20N3O2S/c1-3-10-20(11-4-1)26-25-27-28(21-12-5-2-6-13-21)24(31-25)14-8-7-9-19-15-16-22-23(17-19)30-18-29-22/h1-17H,18H2,(H,26,27)/q+1/b9-7+,14-8+. The van der Waals surface area contributed by atoms with E-state index in [2.05, 4.69) is 11.4 Å². The number of benzene rings is 3. The third-order valence-electron chi connectivity index (χ3n) is 4.66. The summed E-state index contributed by atoms with van der Waals surface area (Å²) in [4.78, 5) is 0. The van der Waals surface area contributed by atoms with Gasteiger partial charge >= 0.3 is 0 Å². The van der Waals surface area contributed by atoms with Crippen LogP contribution in [-0.4, -0.2) is 11.9 Å². The van der Waals surface area contributed by atoms with E-state index in [1.807, 2.05) is 102 Å². The number of allylic oxidation sites excluding steroid dienone is 2. The van der Waals surface area contributed by atoms with Gasteiger partial charge in [-0.2, -0.15) is 0 Å². The maximum Gasteiger partial charge on any atom is 0.297 e. The van der Waals surface area contributed by atoms with Crippen molar-refractivity contribution >= 4 is 34.3 Å². The lowest BCUT2D eigenvalue weighted by Crippen LogP contribution is -2.35. The molecule has 152 valence electrons. The number of hydrogen-bond donors (Lipinski definition) is 1. The molecule has 1 N–H and O–H groups in total. The minimum Gasteiger partial charge on any atom is -0.454 e. The molecule has 0 atom stereocenters. The molecule has 2 heterocycles. The van der Waals surface area contributed by atoms with E-state index in [1.54, 1.807) is 11.3 Å². The van der Waals surface area contributed by atoms with Gasteiger partial charge in [0.1, 0.15) is 0 Å². The highest BCUT2D eigenvalue weighted by atomic mass is 32.1. The predicted molar refractivity (Wildman–Crippen MR) is 124 cm³/mol. The van der Waals surface area contributed by atoms with Gasteiger partial charge < -0.3 is 14.8 Å². The van der Waals surface area contributed by atoms with Gasteiger partial charge in [-0.25, -0.2) is 0 Å². The van der Waals surface area contributed by atoms with Crippen molar-refractivity contribution in [1.29, 1.82) is 0 Å². The topological polar surface area (TPSA) is 47.3 Å². The van der Waals surface area contributed by atoms with Gasteiger partial charge in [0, 0.05) is 29.0 Å². The summed E-state index contributed by atoms with van der Waals surface area (Å²) in [5.41, 5.74) is 3.08. The average Bonchev–Trinajstić information content (AvgIpc) is 3.44. The van der Waals surface area contributed by atoms with Crippen LogP contribution in [0.5, 0.6) is 11.5 Å². The number of rotatable bonds is 6. The minimum atomic E-state index is 0.284. The number of nitrogens with zero attached hydrogens (tertiary/aromatic N) is 2. The Labute approximate surface area is 184 Å². The first-order valence-electron chi connectivity index (χ1n) is 9.90. The Bertz CT molecular complexity index is 1230. The fraction of sp³-hybridized carbons (Fsp3) is 0.0400. The van der Waals surface area contributed by atoms with Crippen LogP contribution >= 0.6 is 11.3 Å². The maximum absolute atomic E-state index is 5.44. The van der Waals surface area contributed by atoms with Gasteiger partial charge in [0.2, 0.25) is 12.5 Å². The van der Waals surface area contributed by atoms with E-state index in [9.17, 15) is 0 Å². The molecule has 5 rings (SSSR count). The van der Waals surface area contributed by atoms with Gasteiger partial charge in [-0.3, -0.25) is 0 Å². The first-order chi connectivity index (χ1) is 15.3. The van der Waals surface area contributed by atoms with Crippen LogP contribution in [0.25, 0.3) is 17.8 Å². The van der Waals surface area contributed by atoms with Crippen LogP contribution < -0.4 is 19.5 Å². The number of aromatic nitrogens is 2. The number of ether oxygens (including phenoxy) is 2. The number of hydrogen-bond acceptors (Lipinski definition) is 5. The molecule has 0 aliphatic carbocycles. The van der Waals surface area contributed by atoms with Gasteiger partial charge in [0.25, 0.3) is 10.1 Å². The number of nitrogens with one attached hydrogen (secondary N) is 1. The van der Waals surface area contributed by atoms with E-state index in [0.29, 0.717) is 0 Å². The molecule has 31 heavy (non-hydrogen) atoms. The summed E-state index contributed by atoms with van der Waals surface area (Å²) in [6.45, 7) is 0.284. The monoisotopic (exact) mass is 426 g/mol. The number of fused-ring (bicyclic) bond motifs is 1. The Hall–Kier alpha value is -3.90. The van der Waals surface area contributed by atoms with Crippen LogP contribution in [0.2, 0.25) is 0 Å². The molecule has 1 aliphatic rings. The van der Waals surface area contributed by atoms with E-state index >= 15 is 0 Å². The Morgan fingerprint density at radius 3 is 2.42 bits per heavy atom. The highest BCUT2D eigenvalue weighted by Gasteiger charge is 2.20. The molecule has 0 spiro atoms. The summed E-state index contributed by atoms with van der Waals surface area (Å²) in [7, 11) is 0. The molecular weight excluding hydrogens is 406 g/mol. The van der Waals surface area contributed by atoms with Crippen molar-refractivity contribution in [2.24, 2.45) is 0 Å². The molecule has 0 fully saturated rings. The molecule has 1 aromatic heterocycles. The molecular formula is C25H20N3O2S+. The van der Waals surface area contributed by atoms with Crippen molar-refractivity contribution < 1.29 is 14.2 Å². The van der Waals surface area contributed by atoms with Crippen LogP contribution in [0.1, 0.15) is 10.6 Å². The highest BCUT2D eigenvalue weighted by molar-refractivity contribution is 7.15. The Kier molecular flexibility index (Phi) is 5.45. The summed E-state index contributed by atoms with van der Waals surface area (Å²) < 4.78 is 12.7. The first-order valence-corrected chi connectivity index (χ1v) is 10.7. The van der Waals surface area contributed by atoms with E-state index < -0.39 is 0 Å². The van der Waals surface area contributed by atoms with Crippen LogP contribution in [0.3, 0.4) is 0 Å². The SMILES string of the molecule is C(/C=C/c1sc(Nc2ccccc2)n[n+]1-c1ccccc1)=C\c1ccc2c(c1)OCO2. The lowest BCUT2D eigenvalue weighted by molar-refractivity contribution is -0.654. The number of anilines is 2. The second kappa shape index (κ2) is 8.85. The fourth-order valence-electron chi connectivity index (χ4n) is 3.18. The van der Waals surface area contributed by atoms with Gasteiger partial charge in [-0.05, 0) is 45.8 Å². The zero-order chi connectivity index (χ0) is 20.9. The molecule has 6 heteroatoms. The van der Waals surface area contributed by atoms with E-state index in [1.165, 1.54) is 0 Å². The molecule has 3 aromatic carbocycles. The molecule has 0 saturated carbocycles. The van der Waals surface area contributed by atoms with Gasteiger partial charge in [-0.15, -0.1) is 0 Å². The van der Waals surface area contributed by atoms with Gasteiger partial charge in [0.05, 0.1) is 0 Å². The van der Waals surface area contributed by atoms with Gasteiger partial charge in [-0.1, -0.05) is 60.7 Å². The third-order valence-corrected chi connectivity index (χ3v) is 5.56. The van der Waals surface area contributed by atoms with Crippen LogP contribution in [0.4, 0.5) is 10.8 Å². The normalized spacial score (nSPS) is 12.6. The van der Waals surface area contributed by atoms with Crippen molar-refractivity contribution in [3.8, 4) is 17.2 Å². The maximum atomic E-state index is 5.44. The molecule has 0 saturated heterocycles. The summed E-state index contributed by atoms with van der Waals surface area (Å²) in [5, 5.41) is 10.00. The van der Waals surface area contributed by atoms with Crippen molar-refractivity contribution in [1.82, 2.24) is 5.10 Å². The average molecular weight is 427 g/mol. The Balaban J connectivity index is 1.39. The van der Waals surface area contributed by atoms with Crippen molar-refractivity contribution in [3.63, 3.8) is 0 Å². The van der Waals surface area contributed by atoms with Crippen LogP contribution in [0, 0.1) is 0 Å². The molecule has 5 nitrogen and oxygen atoms in total. The Morgan fingerprint density at radius 1 is 0.839 bits per heavy atom. The molecule has 0 unspecified atom stereocenters. The van der Waals surface area contributed by atoms with E-state index in [4.69, 9.17) is 14.6 Å². The van der Waals surface area contributed by atoms with Crippen LogP contribution in [0.15, 0.2) is 91.0 Å². The van der Waals surface area contributed by atoms with Crippen molar-refractivity contribution in [2.45, 2.75) is 0 Å². The van der Waals surface area contributed by atoms with E-state index in [-0.39, 0.29) is 6.79 Å². The lowest BCUT2D eigenvalue weighted by Gasteiger charge is -1.97. The highest BCUT2D eigenvalue weighted by Crippen LogP contribution is 2.32. The first kappa shape index (κ1) is 19.1. The molecule has 0 amide bonds. The van der Waals surface area contributed by atoms with Gasteiger partial charge in [0.15, 0.2) is 11.5 Å². The van der Waals surface area contributed by atoms with Crippen molar-refractivity contribution in [2.75, 3.05) is 12.1 Å². The van der Waals surface area contributed by atoms with Crippen molar-refractivity contribution in [3.05, 3.63) is 102 Å². The fourth-order valence-corrected chi connectivity index (χ4v) is 4.05. The largest absolute Gasteiger partial charge is 0.454 e. The molecule has 1 aliphatic heterocycles. The lowest BCUT2D eigenvalue weighted by atomic mass is 10.2. The minimum absolute atomic E-state index is 0.284. The zero-order valence-corrected chi connectivity index (χ0v) is 17.5. The quantitative estimate of drug-likeness (QED) is 0.321. The second-order valence-electron chi connectivity index (χ2n) is 6.81. The third kappa shape index (κ3) is 4.49. The summed E-state index contributed by atoms with van der Waals surface area (Å²) >= 11 is 1.60. The molecule has 0 radical (unpaired) electrons. The van der Waals surface area contributed by atoms with E-state index in [0.717, 1.165) is 38.6 Å². The Morgan fingerprint density at radius 2 is 1.58 bits per heavy atom. The predicted octanol–water partition coefficient (Wildman–Crippen LogP) is 5.62. The zero-order valence-electron chi connectivity index (χ0n) is 16.6. The molecule has 4 aromatic rings.